The second-order valence-electron chi connectivity index (χ2n) is 2.90. The molecule has 1 nitrogen and oxygen atoms in total. The fourth-order valence-corrected chi connectivity index (χ4v) is 1.16. The van der Waals surface area contributed by atoms with Crippen molar-refractivity contribution in [1.82, 2.24) is 0 Å². The summed E-state index contributed by atoms with van der Waals surface area (Å²) in [5.74, 6) is 0. The van der Waals surface area contributed by atoms with Gasteiger partial charge in [-0.2, -0.15) is 0 Å². The SMILES string of the molecule is OC1(c2ccccc2)CC1. The fraction of sp³-hybridized carbons (Fsp3) is 0.333. The van der Waals surface area contributed by atoms with Gasteiger partial charge in [-0.25, -0.2) is 0 Å². The van der Waals surface area contributed by atoms with Crippen molar-refractivity contribution in [3.8, 4) is 0 Å². The molecule has 0 spiro atoms. The average Bonchev–Trinajstić information content (AvgIpc) is 2.72. The Bertz CT molecular complexity index is 224. The van der Waals surface area contributed by atoms with Crippen molar-refractivity contribution in [2.24, 2.45) is 0 Å². The molecule has 1 N–H and O–H groups in total. The summed E-state index contributed by atoms with van der Waals surface area (Å²) in [6.07, 6.45) is 1.86. The first-order valence-electron chi connectivity index (χ1n) is 3.59. The zero-order valence-electron chi connectivity index (χ0n) is 5.75. The van der Waals surface area contributed by atoms with E-state index in [0.717, 1.165) is 18.4 Å². The van der Waals surface area contributed by atoms with E-state index in [2.05, 4.69) is 0 Å². The third-order valence-electron chi connectivity index (χ3n) is 2.03. The molecule has 0 bridgehead atoms. The second-order valence-corrected chi connectivity index (χ2v) is 2.90. The third kappa shape index (κ3) is 0.830. The fourth-order valence-electron chi connectivity index (χ4n) is 1.16. The van der Waals surface area contributed by atoms with E-state index in [1.54, 1.807) is 0 Å². The first-order chi connectivity index (χ1) is 4.81. The summed E-state index contributed by atoms with van der Waals surface area (Å²) < 4.78 is 0. The Kier molecular flexibility index (Phi) is 1.08. The van der Waals surface area contributed by atoms with Crippen LogP contribution < -0.4 is 0 Å². The molecule has 0 amide bonds. The smallest absolute Gasteiger partial charge is 0.0899 e. The number of aliphatic hydroxyl groups is 1. The van der Waals surface area contributed by atoms with Crippen molar-refractivity contribution in [2.75, 3.05) is 0 Å². The highest BCUT2D eigenvalue weighted by Gasteiger charge is 2.41. The van der Waals surface area contributed by atoms with Crippen LogP contribution >= 0.6 is 0 Å². The molecule has 1 aromatic carbocycles. The summed E-state index contributed by atoms with van der Waals surface area (Å²) in [4.78, 5) is 0. The molecule has 0 atom stereocenters. The molecule has 1 aliphatic carbocycles. The summed E-state index contributed by atoms with van der Waals surface area (Å²) in [5, 5.41) is 9.60. The van der Waals surface area contributed by atoms with Gasteiger partial charge in [-0.05, 0) is 18.4 Å². The van der Waals surface area contributed by atoms with Gasteiger partial charge in [0.25, 0.3) is 0 Å². The maximum absolute atomic E-state index is 9.60. The molecule has 2 rings (SSSR count). The van der Waals surface area contributed by atoms with Crippen molar-refractivity contribution in [3.05, 3.63) is 35.9 Å². The van der Waals surface area contributed by atoms with E-state index >= 15 is 0 Å². The van der Waals surface area contributed by atoms with Gasteiger partial charge in [0, 0.05) is 0 Å². The quantitative estimate of drug-likeness (QED) is 0.619. The Balaban J connectivity index is 2.35. The van der Waals surface area contributed by atoms with Gasteiger partial charge in [0.1, 0.15) is 0 Å². The Morgan fingerprint density at radius 3 is 2.20 bits per heavy atom. The maximum Gasteiger partial charge on any atom is 0.0899 e. The number of hydrogen-bond acceptors (Lipinski definition) is 1. The topological polar surface area (TPSA) is 20.2 Å². The van der Waals surface area contributed by atoms with E-state index in [1.165, 1.54) is 0 Å². The van der Waals surface area contributed by atoms with Crippen LogP contribution in [0.2, 0.25) is 0 Å². The molecule has 0 saturated heterocycles. The van der Waals surface area contributed by atoms with Crippen LogP contribution in [-0.2, 0) is 5.60 Å². The number of benzene rings is 1. The lowest BCUT2D eigenvalue weighted by Gasteiger charge is -2.05. The van der Waals surface area contributed by atoms with Crippen LogP contribution in [0.1, 0.15) is 18.4 Å². The van der Waals surface area contributed by atoms with E-state index in [-0.39, 0.29) is 0 Å². The van der Waals surface area contributed by atoms with Crippen molar-refractivity contribution >= 4 is 0 Å². The molecule has 0 aromatic heterocycles. The molecule has 0 heterocycles. The monoisotopic (exact) mass is 134 g/mol. The van der Waals surface area contributed by atoms with E-state index < -0.39 is 5.60 Å². The second kappa shape index (κ2) is 1.83. The minimum Gasteiger partial charge on any atom is -0.385 e. The lowest BCUT2D eigenvalue weighted by molar-refractivity contribution is 0.151. The molecule has 1 aliphatic rings. The molecule has 1 fully saturated rings. The molecule has 10 heavy (non-hydrogen) atoms. The highest BCUT2D eigenvalue weighted by Crippen LogP contribution is 2.44. The molecule has 1 aromatic rings. The van der Waals surface area contributed by atoms with Crippen LogP contribution in [0.3, 0.4) is 0 Å². The first kappa shape index (κ1) is 5.93. The summed E-state index contributed by atoms with van der Waals surface area (Å²) in [5.41, 5.74) is 0.608. The van der Waals surface area contributed by atoms with E-state index in [0.29, 0.717) is 0 Å². The Morgan fingerprint density at radius 1 is 1.10 bits per heavy atom. The van der Waals surface area contributed by atoms with Crippen LogP contribution in [0.25, 0.3) is 0 Å². The minimum absolute atomic E-state index is 0.457. The minimum atomic E-state index is -0.457. The zero-order chi connectivity index (χ0) is 7.03. The van der Waals surface area contributed by atoms with Crippen LogP contribution in [0.15, 0.2) is 30.3 Å². The van der Waals surface area contributed by atoms with Gasteiger partial charge >= 0.3 is 0 Å². The summed E-state index contributed by atoms with van der Waals surface area (Å²) in [7, 11) is 0. The highest BCUT2D eigenvalue weighted by atomic mass is 16.3. The number of hydrogen-bond donors (Lipinski definition) is 1. The lowest BCUT2D eigenvalue weighted by Crippen LogP contribution is -2.02. The summed E-state index contributed by atoms with van der Waals surface area (Å²) in [6, 6.07) is 9.85. The summed E-state index contributed by atoms with van der Waals surface area (Å²) in [6.45, 7) is 0. The normalized spacial score (nSPS) is 20.5. The Hall–Kier alpha value is -0.820. The molecule has 1 saturated carbocycles. The van der Waals surface area contributed by atoms with E-state index in [4.69, 9.17) is 0 Å². The zero-order valence-corrected chi connectivity index (χ0v) is 5.75. The molecule has 0 unspecified atom stereocenters. The highest BCUT2D eigenvalue weighted by molar-refractivity contribution is 5.26. The lowest BCUT2D eigenvalue weighted by atomic mass is 10.1. The predicted octanol–water partition coefficient (Wildman–Crippen LogP) is 1.67. The van der Waals surface area contributed by atoms with Crippen LogP contribution in [0.5, 0.6) is 0 Å². The van der Waals surface area contributed by atoms with Gasteiger partial charge in [0.15, 0.2) is 0 Å². The van der Waals surface area contributed by atoms with Crippen molar-refractivity contribution in [1.29, 1.82) is 0 Å². The molecule has 0 aliphatic heterocycles. The van der Waals surface area contributed by atoms with Crippen molar-refractivity contribution in [3.63, 3.8) is 0 Å². The van der Waals surface area contributed by atoms with E-state index in [9.17, 15) is 5.11 Å². The average molecular weight is 134 g/mol. The van der Waals surface area contributed by atoms with Gasteiger partial charge in [-0.1, -0.05) is 30.3 Å². The van der Waals surface area contributed by atoms with Crippen molar-refractivity contribution in [2.45, 2.75) is 18.4 Å². The standard InChI is InChI=1S/C9H10O/c10-9(6-7-9)8-4-2-1-3-5-8/h1-5,10H,6-7H2. The van der Waals surface area contributed by atoms with Crippen LogP contribution in [-0.4, -0.2) is 5.11 Å². The largest absolute Gasteiger partial charge is 0.385 e. The first-order valence-corrected chi connectivity index (χ1v) is 3.59. The summed E-state index contributed by atoms with van der Waals surface area (Å²) >= 11 is 0. The molecule has 0 radical (unpaired) electrons. The van der Waals surface area contributed by atoms with Crippen LogP contribution in [0.4, 0.5) is 0 Å². The van der Waals surface area contributed by atoms with Crippen LogP contribution in [0, 0.1) is 0 Å². The molecule has 1 heteroatoms. The predicted molar refractivity (Wildman–Crippen MR) is 39.6 cm³/mol. The van der Waals surface area contributed by atoms with Gasteiger partial charge in [-0.15, -0.1) is 0 Å². The van der Waals surface area contributed by atoms with E-state index in [1.807, 2.05) is 30.3 Å². The Labute approximate surface area is 60.3 Å². The van der Waals surface area contributed by atoms with Crippen molar-refractivity contribution < 1.29 is 5.11 Å². The van der Waals surface area contributed by atoms with Gasteiger partial charge in [0.05, 0.1) is 5.60 Å². The Morgan fingerprint density at radius 2 is 1.70 bits per heavy atom. The maximum atomic E-state index is 9.60. The molecular formula is C9H10O. The van der Waals surface area contributed by atoms with Gasteiger partial charge in [-0.3, -0.25) is 0 Å². The van der Waals surface area contributed by atoms with Gasteiger partial charge < -0.3 is 5.11 Å². The van der Waals surface area contributed by atoms with Gasteiger partial charge in [0.2, 0.25) is 0 Å². The number of rotatable bonds is 1. The molecular weight excluding hydrogens is 124 g/mol. The third-order valence-corrected chi connectivity index (χ3v) is 2.03. The molecule has 52 valence electrons.